The number of rotatable bonds is 8. The highest BCUT2D eigenvalue weighted by atomic mass is 35.5. The topological polar surface area (TPSA) is 51.8 Å². The van der Waals surface area contributed by atoms with Crippen molar-refractivity contribution in [1.82, 2.24) is 9.55 Å². The summed E-state index contributed by atoms with van der Waals surface area (Å²) in [5, 5.41) is 1.06. The van der Waals surface area contributed by atoms with Crippen molar-refractivity contribution in [3.05, 3.63) is 191 Å². The van der Waals surface area contributed by atoms with Crippen molar-refractivity contribution < 1.29 is 4.74 Å². The minimum absolute atomic E-state index is 0.516. The molecule has 0 unspecified atom stereocenters. The van der Waals surface area contributed by atoms with E-state index in [9.17, 15) is 0 Å². The summed E-state index contributed by atoms with van der Waals surface area (Å²) in [5.41, 5.74) is 8.11. The number of halogens is 2. The number of imidazole rings is 1. The molecule has 50 heavy (non-hydrogen) atoms. The number of benzene rings is 6. The normalized spacial score (nSPS) is 13.5. The van der Waals surface area contributed by atoms with Crippen molar-refractivity contribution in [3.63, 3.8) is 0 Å². The number of methoxy groups -OCH3 is 1. The summed E-state index contributed by atoms with van der Waals surface area (Å²) in [4.78, 5) is 16.8. The Morgan fingerprint density at radius 3 is 1.56 bits per heavy atom. The molecule has 0 spiro atoms. The number of hydrogen-bond donors (Lipinski definition) is 0. The number of ether oxygens (including phenoxy) is 1. The molecule has 7 aromatic rings. The molecular formula is C43H30Cl2N4O. The van der Waals surface area contributed by atoms with Gasteiger partial charge >= 0.3 is 0 Å². The highest BCUT2D eigenvalue weighted by Gasteiger charge is 2.46. The molecule has 0 atom stereocenters. The summed E-state index contributed by atoms with van der Waals surface area (Å²) >= 11 is 14.2. The molecule has 0 saturated heterocycles. The smallest absolute Gasteiger partial charge is 0.263 e. The fourth-order valence-corrected chi connectivity index (χ4v) is 6.95. The van der Waals surface area contributed by atoms with Crippen LogP contribution in [-0.2, 0) is 5.79 Å². The summed E-state index contributed by atoms with van der Waals surface area (Å²) in [5.74, 6) is -0.115. The van der Waals surface area contributed by atoms with Crippen molar-refractivity contribution in [2.24, 2.45) is 9.98 Å². The average molecular weight is 690 g/mol. The molecule has 0 bridgehead atoms. The van der Waals surface area contributed by atoms with E-state index in [4.69, 9.17) is 42.9 Å². The lowest BCUT2D eigenvalue weighted by atomic mass is 10.0. The van der Waals surface area contributed by atoms with Crippen molar-refractivity contribution >= 4 is 34.6 Å². The van der Waals surface area contributed by atoms with Crippen LogP contribution in [0.4, 0.5) is 0 Å². The van der Waals surface area contributed by atoms with Crippen molar-refractivity contribution in [3.8, 4) is 39.7 Å². The maximum atomic E-state index is 7.21. The van der Waals surface area contributed by atoms with Gasteiger partial charge in [0.25, 0.3) is 5.79 Å². The number of nitrogens with zero attached hydrogens (tertiary/aromatic N) is 4. The van der Waals surface area contributed by atoms with Crippen LogP contribution in [0.3, 0.4) is 0 Å². The molecule has 0 radical (unpaired) electrons. The molecule has 1 aromatic heterocycles. The van der Waals surface area contributed by atoms with Crippen LogP contribution in [0.25, 0.3) is 33.9 Å². The van der Waals surface area contributed by atoms with Gasteiger partial charge in [0, 0.05) is 33.4 Å². The highest BCUT2D eigenvalue weighted by Crippen LogP contribution is 2.48. The summed E-state index contributed by atoms with van der Waals surface area (Å²) in [6, 6.07) is 53.9. The van der Waals surface area contributed by atoms with E-state index >= 15 is 0 Å². The van der Waals surface area contributed by atoms with Crippen LogP contribution in [0.5, 0.6) is 5.75 Å². The molecule has 242 valence electrons. The van der Waals surface area contributed by atoms with Gasteiger partial charge in [0.05, 0.1) is 40.0 Å². The quantitative estimate of drug-likeness (QED) is 0.159. The molecule has 0 fully saturated rings. The highest BCUT2D eigenvalue weighted by molar-refractivity contribution is 6.54. The summed E-state index contributed by atoms with van der Waals surface area (Å²) < 4.78 is 7.68. The zero-order valence-corrected chi connectivity index (χ0v) is 28.6. The lowest BCUT2D eigenvalue weighted by Gasteiger charge is -2.30. The Morgan fingerprint density at radius 1 is 0.520 bits per heavy atom. The van der Waals surface area contributed by atoms with E-state index in [-0.39, 0.29) is 0 Å². The first-order valence-corrected chi connectivity index (χ1v) is 17.0. The van der Waals surface area contributed by atoms with Crippen LogP contribution in [0, 0.1) is 0 Å². The van der Waals surface area contributed by atoms with E-state index < -0.39 is 5.79 Å². The monoisotopic (exact) mass is 688 g/mol. The lowest BCUT2D eigenvalue weighted by Crippen LogP contribution is -2.31. The van der Waals surface area contributed by atoms with Crippen molar-refractivity contribution in [2.45, 2.75) is 5.79 Å². The first-order valence-electron chi connectivity index (χ1n) is 16.2. The molecule has 1 aliphatic heterocycles. The lowest BCUT2D eigenvalue weighted by molar-refractivity contribution is 0.408. The zero-order chi connectivity index (χ0) is 34.1. The minimum atomic E-state index is -1.45. The molecule has 2 heterocycles. The molecule has 0 aliphatic carbocycles. The third-order valence-corrected chi connectivity index (χ3v) is 9.46. The van der Waals surface area contributed by atoms with Crippen LogP contribution in [-0.4, -0.2) is 28.1 Å². The zero-order valence-electron chi connectivity index (χ0n) is 27.0. The van der Waals surface area contributed by atoms with Gasteiger partial charge in [0.2, 0.25) is 0 Å². The standard InChI is InChI=1S/C43H30Cl2N4O/c1-50-33-27-25-32(26-28-33)41-40(31-19-9-4-10-20-31)46-42(34-21-11-13-23-36(34)44)49(41)43(35-22-12-14-24-37(35)45)47-38(29-15-5-2-6-16-29)39(48-43)30-17-7-3-8-18-30/h2-28H,1H3. The van der Waals surface area contributed by atoms with Crippen LogP contribution in [0.15, 0.2) is 174 Å². The van der Waals surface area contributed by atoms with E-state index in [1.165, 1.54) is 0 Å². The third-order valence-electron chi connectivity index (χ3n) is 8.80. The second kappa shape index (κ2) is 13.3. The van der Waals surface area contributed by atoms with Gasteiger partial charge in [0.15, 0.2) is 0 Å². The molecule has 5 nitrogen and oxygen atoms in total. The molecule has 1 aliphatic rings. The summed E-state index contributed by atoms with van der Waals surface area (Å²) in [6.45, 7) is 0. The van der Waals surface area contributed by atoms with Gasteiger partial charge in [0.1, 0.15) is 11.6 Å². The fraction of sp³-hybridized carbons (Fsp3) is 0.0465. The van der Waals surface area contributed by atoms with Gasteiger partial charge in [-0.3, -0.25) is 4.57 Å². The number of hydrogen-bond acceptors (Lipinski definition) is 4. The third kappa shape index (κ3) is 5.51. The van der Waals surface area contributed by atoms with E-state index in [0.717, 1.165) is 56.4 Å². The van der Waals surface area contributed by atoms with E-state index in [1.54, 1.807) is 7.11 Å². The molecule has 6 aromatic carbocycles. The Bertz CT molecular complexity index is 2310. The maximum absolute atomic E-state index is 7.21. The van der Waals surface area contributed by atoms with Crippen LogP contribution < -0.4 is 4.74 Å². The predicted octanol–water partition coefficient (Wildman–Crippen LogP) is 10.9. The van der Waals surface area contributed by atoms with Gasteiger partial charge in [-0.25, -0.2) is 15.0 Å². The van der Waals surface area contributed by atoms with Crippen molar-refractivity contribution in [2.75, 3.05) is 7.11 Å². The molecule has 0 saturated carbocycles. The largest absolute Gasteiger partial charge is 0.497 e. The molecular weight excluding hydrogens is 659 g/mol. The Hall–Kier alpha value is -5.75. The minimum Gasteiger partial charge on any atom is -0.497 e. The first-order chi connectivity index (χ1) is 24.6. The van der Waals surface area contributed by atoms with Crippen LogP contribution in [0.1, 0.15) is 16.7 Å². The van der Waals surface area contributed by atoms with Gasteiger partial charge in [-0.2, -0.15) is 0 Å². The SMILES string of the molecule is COc1ccc(-c2c(-c3ccccc3)nc(-c3ccccc3Cl)n2C2(c3ccccc3Cl)N=C(c3ccccc3)C(c3ccccc3)=N2)cc1. The van der Waals surface area contributed by atoms with Crippen LogP contribution >= 0.6 is 23.2 Å². The van der Waals surface area contributed by atoms with Crippen LogP contribution in [0.2, 0.25) is 10.0 Å². The number of aliphatic imine (C=N–C) groups is 2. The summed E-state index contributed by atoms with van der Waals surface area (Å²) in [7, 11) is 1.66. The van der Waals surface area contributed by atoms with Gasteiger partial charge < -0.3 is 4.74 Å². The second-order valence-corrected chi connectivity index (χ2v) is 12.6. The Kier molecular flexibility index (Phi) is 8.37. The Balaban J connectivity index is 1.58. The van der Waals surface area contributed by atoms with Gasteiger partial charge in [-0.15, -0.1) is 0 Å². The average Bonchev–Trinajstić information content (AvgIpc) is 3.77. The molecule has 8 rings (SSSR count). The molecule has 0 amide bonds. The molecule has 0 N–H and O–H groups in total. The number of aromatic nitrogens is 2. The Morgan fingerprint density at radius 2 is 1.02 bits per heavy atom. The Labute approximate surface area is 300 Å². The van der Waals surface area contributed by atoms with E-state index in [0.29, 0.717) is 21.4 Å². The predicted molar refractivity (Wildman–Crippen MR) is 205 cm³/mol. The van der Waals surface area contributed by atoms with Gasteiger partial charge in [-0.05, 0) is 42.5 Å². The maximum Gasteiger partial charge on any atom is 0.263 e. The first kappa shape index (κ1) is 31.5. The van der Waals surface area contributed by atoms with E-state index in [2.05, 4.69) is 41.0 Å². The summed E-state index contributed by atoms with van der Waals surface area (Å²) in [6.07, 6.45) is 0. The van der Waals surface area contributed by atoms with Crippen molar-refractivity contribution in [1.29, 1.82) is 0 Å². The second-order valence-electron chi connectivity index (χ2n) is 11.8. The van der Waals surface area contributed by atoms with E-state index in [1.807, 2.05) is 127 Å². The fourth-order valence-electron chi connectivity index (χ4n) is 6.47. The molecule has 7 heteroatoms. The van der Waals surface area contributed by atoms with Gasteiger partial charge in [-0.1, -0.05) is 145 Å².